The molecule has 2 saturated carbocycles. The smallest absolute Gasteiger partial charge is 0.0518 e. The molecule has 2 aliphatic heterocycles. The molecule has 0 aromatic heterocycles. The third kappa shape index (κ3) is 4.37. The standard InChI is InChI=1S/C53H52N2/c1-33-17-25-45-43-29-35(21-27-49(43)54(52(33,45)5)39-13-9-7-10-14-39)37-19-23-41-42-24-20-38(32-48(42)51(3,4)47(41)31-37)36-22-28-50-44(30-36)46-26-18-34(2)53(46,6)55(50)40-15-11-8-12-16-40/h7-16,19-24,27-34,45-46H,17-18,25-26H2,1-6H3. The first-order valence-electron chi connectivity index (χ1n) is 20.9. The summed E-state index contributed by atoms with van der Waals surface area (Å²) in [6.45, 7) is 14.8. The van der Waals surface area contributed by atoms with E-state index in [0.717, 1.165) is 0 Å². The monoisotopic (exact) mass is 716 g/mol. The summed E-state index contributed by atoms with van der Waals surface area (Å²) >= 11 is 0. The highest BCUT2D eigenvalue weighted by molar-refractivity contribution is 5.88. The first-order chi connectivity index (χ1) is 26.6. The number of rotatable bonds is 4. The van der Waals surface area contributed by atoms with Crippen molar-refractivity contribution in [3.63, 3.8) is 0 Å². The van der Waals surface area contributed by atoms with Crippen LogP contribution < -0.4 is 9.80 Å². The fourth-order valence-electron chi connectivity index (χ4n) is 12.4. The number of benzene rings is 6. The number of hydrogen-bond donors (Lipinski definition) is 0. The molecule has 2 nitrogen and oxygen atoms in total. The van der Waals surface area contributed by atoms with E-state index < -0.39 is 0 Å². The number of para-hydroxylation sites is 2. The average molecular weight is 717 g/mol. The third-order valence-corrected chi connectivity index (χ3v) is 15.8. The van der Waals surface area contributed by atoms with E-state index in [9.17, 15) is 0 Å². The minimum atomic E-state index is -0.0999. The normalized spacial score (nSPS) is 27.7. The molecule has 0 amide bonds. The van der Waals surface area contributed by atoms with Gasteiger partial charge in [-0.05, 0) is 168 Å². The van der Waals surface area contributed by atoms with Crippen molar-refractivity contribution in [2.45, 2.75) is 95.6 Å². The number of nitrogens with zero attached hydrogens (tertiary/aromatic N) is 2. The van der Waals surface area contributed by atoms with Crippen molar-refractivity contribution in [1.82, 2.24) is 0 Å². The van der Waals surface area contributed by atoms with E-state index in [0.29, 0.717) is 23.7 Å². The van der Waals surface area contributed by atoms with Gasteiger partial charge in [-0.1, -0.05) is 100 Å². The highest BCUT2D eigenvalue weighted by Crippen LogP contribution is 2.63. The maximum Gasteiger partial charge on any atom is 0.0518 e. The molecule has 0 spiro atoms. The first kappa shape index (κ1) is 33.3. The van der Waals surface area contributed by atoms with Gasteiger partial charge in [-0.15, -0.1) is 0 Å². The van der Waals surface area contributed by atoms with Gasteiger partial charge in [0, 0.05) is 40.0 Å². The van der Waals surface area contributed by atoms with Gasteiger partial charge in [-0.2, -0.15) is 0 Å². The summed E-state index contributed by atoms with van der Waals surface area (Å²) in [5.41, 5.74) is 19.5. The van der Waals surface area contributed by atoms with Crippen LogP contribution in [0.2, 0.25) is 0 Å². The Bertz CT molecular complexity index is 2340. The van der Waals surface area contributed by atoms with Crippen molar-refractivity contribution in [3.05, 3.63) is 156 Å². The van der Waals surface area contributed by atoms with Crippen molar-refractivity contribution in [3.8, 4) is 33.4 Å². The lowest BCUT2D eigenvalue weighted by molar-refractivity contribution is 0.355. The molecular formula is C53H52N2. The van der Waals surface area contributed by atoms with Gasteiger partial charge in [0.25, 0.3) is 0 Å². The van der Waals surface area contributed by atoms with Gasteiger partial charge in [-0.25, -0.2) is 0 Å². The van der Waals surface area contributed by atoms with E-state index in [2.05, 4.69) is 185 Å². The lowest BCUT2D eigenvalue weighted by Gasteiger charge is -2.41. The summed E-state index contributed by atoms with van der Waals surface area (Å²) < 4.78 is 0. The lowest BCUT2D eigenvalue weighted by atomic mass is 9.80. The second-order valence-electron chi connectivity index (χ2n) is 18.5. The fraction of sp³-hybridized carbons (Fsp3) is 0.321. The van der Waals surface area contributed by atoms with E-state index in [1.54, 1.807) is 0 Å². The Balaban J connectivity index is 0.947. The van der Waals surface area contributed by atoms with Gasteiger partial charge in [0.15, 0.2) is 0 Å². The van der Waals surface area contributed by atoms with E-state index in [1.807, 2.05) is 0 Å². The number of fused-ring (bicyclic) bond motifs is 9. The van der Waals surface area contributed by atoms with Crippen LogP contribution in [0.25, 0.3) is 33.4 Å². The van der Waals surface area contributed by atoms with Crippen molar-refractivity contribution in [1.29, 1.82) is 0 Å². The average Bonchev–Trinajstić information content (AvgIpc) is 3.91. The zero-order valence-corrected chi connectivity index (χ0v) is 33.2. The van der Waals surface area contributed by atoms with Crippen molar-refractivity contribution in [2.24, 2.45) is 11.8 Å². The summed E-state index contributed by atoms with van der Waals surface area (Å²) in [6, 6.07) is 51.4. The van der Waals surface area contributed by atoms with E-state index in [1.165, 1.54) is 104 Å². The van der Waals surface area contributed by atoms with Crippen LogP contribution in [0.1, 0.15) is 101 Å². The van der Waals surface area contributed by atoms with Crippen molar-refractivity contribution < 1.29 is 0 Å². The van der Waals surface area contributed by atoms with Crippen LogP contribution in [0.4, 0.5) is 22.7 Å². The van der Waals surface area contributed by atoms with Gasteiger partial charge in [-0.3, -0.25) is 0 Å². The van der Waals surface area contributed by atoms with Gasteiger partial charge < -0.3 is 9.80 Å². The second kappa shape index (κ2) is 11.5. The molecule has 3 aliphatic carbocycles. The van der Waals surface area contributed by atoms with Crippen LogP contribution in [0.15, 0.2) is 133 Å². The minimum Gasteiger partial charge on any atom is -0.334 e. The molecule has 0 bridgehead atoms. The Hall–Kier alpha value is -5.08. The van der Waals surface area contributed by atoms with Gasteiger partial charge in [0.2, 0.25) is 0 Å². The first-order valence-corrected chi connectivity index (χ1v) is 20.9. The topological polar surface area (TPSA) is 6.48 Å². The minimum absolute atomic E-state index is 0.0941. The number of hydrogen-bond acceptors (Lipinski definition) is 2. The second-order valence-corrected chi connectivity index (χ2v) is 18.5. The summed E-state index contributed by atoms with van der Waals surface area (Å²) in [6.07, 6.45) is 5.05. The predicted octanol–water partition coefficient (Wildman–Crippen LogP) is 14.2. The van der Waals surface area contributed by atoms with E-state index in [4.69, 9.17) is 0 Å². The van der Waals surface area contributed by atoms with Gasteiger partial charge in [0.1, 0.15) is 0 Å². The molecule has 0 N–H and O–H groups in total. The van der Waals surface area contributed by atoms with E-state index in [-0.39, 0.29) is 16.5 Å². The maximum absolute atomic E-state index is 2.67. The van der Waals surface area contributed by atoms with Crippen LogP contribution >= 0.6 is 0 Å². The highest BCUT2D eigenvalue weighted by Gasteiger charge is 2.56. The lowest BCUT2D eigenvalue weighted by Crippen LogP contribution is -2.45. The molecule has 0 saturated heterocycles. The molecule has 6 atom stereocenters. The van der Waals surface area contributed by atoms with Crippen LogP contribution in [0.3, 0.4) is 0 Å². The molecule has 11 rings (SSSR count). The molecule has 0 radical (unpaired) electrons. The molecule has 2 heteroatoms. The molecule has 274 valence electrons. The fourth-order valence-corrected chi connectivity index (χ4v) is 12.4. The predicted molar refractivity (Wildman–Crippen MR) is 231 cm³/mol. The third-order valence-electron chi connectivity index (χ3n) is 15.8. The molecule has 6 aromatic rings. The van der Waals surface area contributed by atoms with Crippen molar-refractivity contribution >= 4 is 22.7 Å². The zero-order valence-electron chi connectivity index (χ0n) is 33.2. The Kier molecular flexibility index (Phi) is 6.95. The van der Waals surface area contributed by atoms with Gasteiger partial charge in [0.05, 0.1) is 11.1 Å². The Labute approximate surface area is 327 Å². The molecular weight excluding hydrogens is 665 g/mol. The largest absolute Gasteiger partial charge is 0.334 e. The van der Waals surface area contributed by atoms with Gasteiger partial charge >= 0.3 is 0 Å². The molecule has 2 heterocycles. The SMILES string of the molecule is CC1CCC2c3cc(-c4ccc5c(c4)C(C)(C)c4cc(-c6ccc7c(c6)C6CCC(C)C6(C)N7c6ccccc6)ccc4-5)ccc3N(c3ccccc3)C12C. The van der Waals surface area contributed by atoms with Crippen LogP contribution in [-0.4, -0.2) is 11.1 Å². The Morgan fingerprint density at radius 3 is 1.24 bits per heavy atom. The molecule has 6 unspecified atom stereocenters. The summed E-state index contributed by atoms with van der Waals surface area (Å²) in [5, 5.41) is 0. The molecule has 5 aliphatic rings. The number of anilines is 4. The van der Waals surface area contributed by atoms with Crippen LogP contribution in [0, 0.1) is 11.8 Å². The summed E-state index contributed by atoms with van der Waals surface area (Å²) in [7, 11) is 0. The summed E-state index contributed by atoms with van der Waals surface area (Å²) in [5.74, 6) is 2.34. The molecule has 6 aromatic carbocycles. The summed E-state index contributed by atoms with van der Waals surface area (Å²) in [4.78, 5) is 5.34. The van der Waals surface area contributed by atoms with Crippen molar-refractivity contribution in [2.75, 3.05) is 9.80 Å². The Morgan fingerprint density at radius 2 is 0.818 bits per heavy atom. The Morgan fingerprint density at radius 1 is 0.436 bits per heavy atom. The quantitative estimate of drug-likeness (QED) is 0.179. The molecule has 2 fully saturated rings. The van der Waals surface area contributed by atoms with E-state index >= 15 is 0 Å². The zero-order chi connectivity index (χ0) is 37.4. The maximum atomic E-state index is 2.67. The molecule has 55 heavy (non-hydrogen) atoms. The van der Waals surface area contributed by atoms with Crippen LogP contribution in [0.5, 0.6) is 0 Å². The van der Waals surface area contributed by atoms with Crippen LogP contribution in [-0.2, 0) is 5.41 Å². The highest BCUT2D eigenvalue weighted by atomic mass is 15.3.